The minimum absolute atomic E-state index is 0.263. The van der Waals surface area contributed by atoms with Crippen molar-refractivity contribution in [3.8, 4) is 11.5 Å². The molecule has 8 nitrogen and oxygen atoms in total. The Morgan fingerprint density at radius 3 is 2.80 bits per heavy atom. The fraction of sp³-hybridized carbons (Fsp3) is 0.353. The average molecular weight is 339 g/mol. The number of rotatable bonds is 4. The third-order valence-electron chi connectivity index (χ3n) is 4.43. The number of carbonyl (C=O) groups excluding carboxylic acids is 1. The fourth-order valence-electron chi connectivity index (χ4n) is 3.17. The summed E-state index contributed by atoms with van der Waals surface area (Å²) in [5.74, 6) is 0.734. The Morgan fingerprint density at radius 1 is 1.20 bits per heavy atom. The third-order valence-corrected chi connectivity index (χ3v) is 4.43. The molecule has 0 bridgehead atoms. The molecule has 3 heterocycles. The molecule has 8 heteroatoms. The highest BCUT2D eigenvalue weighted by Crippen LogP contribution is 2.37. The molecule has 3 aromatic heterocycles. The van der Waals surface area contributed by atoms with Crippen LogP contribution in [0.4, 0.5) is 0 Å². The molecule has 0 aromatic carbocycles. The second-order valence-electron chi connectivity index (χ2n) is 6.09. The number of hydrogen-bond acceptors (Lipinski definition) is 7. The molecule has 1 amide bonds. The summed E-state index contributed by atoms with van der Waals surface area (Å²) >= 11 is 0. The lowest BCUT2D eigenvalue weighted by atomic mass is 9.81. The van der Waals surface area contributed by atoms with Gasteiger partial charge in [-0.1, -0.05) is 24.4 Å². The molecule has 0 aliphatic heterocycles. The SMILES string of the molecule is O=C(NC1(c2nc(-c3cnccn3)no2)CCCCC1)c1ccco1. The largest absolute Gasteiger partial charge is 0.459 e. The Balaban J connectivity index is 1.65. The molecule has 0 unspecified atom stereocenters. The molecule has 3 aromatic rings. The lowest BCUT2D eigenvalue weighted by Crippen LogP contribution is -2.47. The van der Waals surface area contributed by atoms with Crippen LogP contribution in [-0.4, -0.2) is 26.0 Å². The molecule has 128 valence electrons. The Kier molecular flexibility index (Phi) is 4.01. The average Bonchev–Trinajstić information content (AvgIpc) is 3.35. The first-order valence-electron chi connectivity index (χ1n) is 8.23. The first kappa shape index (κ1) is 15.5. The quantitative estimate of drug-likeness (QED) is 0.778. The second-order valence-corrected chi connectivity index (χ2v) is 6.09. The van der Waals surface area contributed by atoms with E-state index in [1.54, 1.807) is 30.7 Å². The van der Waals surface area contributed by atoms with E-state index in [1.807, 2.05) is 0 Å². The van der Waals surface area contributed by atoms with Crippen LogP contribution in [0.5, 0.6) is 0 Å². The molecule has 1 fully saturated rings. The van der Waals surface area contributed by atoms with E-state index in [-0.39, 0.29) is 11.7 Å². The predicted molar refractivity (Wildman–Crippen MR) is 86.3 cm³/mol. The molecule has 0 saturated heterocycles. The van der Waals surface area contributed by atoms with Gasteiger partial charge in [0, 0.05) is 12.4 Å². The van der Waals surface area contributed by atoms with E-state index >= 15 is 0 Å². The molecule has 4 rings (SSSR count). The van der Waals surface area contributed by atoms with Crippen LogP contribution in [-0.2, 0) is 5.54 Å². The highest BCUT2D eigenvalue weighted by atomic mass is 16.5. The van der Waals surface area contributed by atoms with Crippen molar-refractivity contribution in [1.29, 1.82) is 0 Å². The monoisotopic (exact) mass is 339 g/mol. The predicted octanol–water partition coefficient (Wildman–Crippen LogP) is 2.71. The number of furan rings is 1. The number of nitrogens with zero attached hydrogens (tertiary/aromatic N) is 4. The third kappa shape index (κ3) is 3.02. The van der Waals surface area contributed by atoms with Crippen molar-refractivity contribution in [1.82, 2.24) is 25.4 Å². The van der Waals surface area contributed by atoms with Crippen molar-refractivity contribution in [2.45, 2.75) is 37.6 Å². The van der Waals surface area contributed by atoms with Crippen LogP contribution >= 0.6 is 0 Å². The Hall–Kier alpha value is -3.03. The Bertz CT molecular complexity index is 838. The van der Waals surface area contributed by atoms with Crippen molar-refractivity contribution < 1.29 is 13.7 Å². The van der Waals surface area contributed by atoms with E-state index in [0.717, 1.165) is 32.1 Å². The van der Waals surface area contributed by atoms with Gasteiger partial charge in [0.25, 0.3) is 11.8 Å². The first-order chi connectivity index (χ1) is 12.3. The lowest BCUT2D eigenvalue weighted by Gasteiger charge is -2.34. The van der Waals surface area contributed by atoms with Crippen molar-refractivity contribution in [2.24, 2.45) is 0 Å². The maximum absolute atomic E-state index is 12.5. The molecule has 0 spiro atoms. The maximum Gasteiger partial charge on any atom is 0.287 e. The minimum atomic E-state index is -0.685. The van der Waals surface area contributed by atoms with Gasteiger partial charge in [0.2, 0.25) is 5.82 Å². The van der Waals surface area contributed by atoms with E-state index in [2.05, 4.69) is 25.4 Å². The standard InChI is InChI=1S/C17H17N5O3/c23-15(13-5-4-10-24-13)21-17(6-2-1-3-7-17)16-20-14(22-25-16)12-11-18-8-9-19-12/h4-5,8-11H,1-3,6-7H2,(H,21,23). The molecule has 1 N–H and O–H groups in total. The van der Waals surface area contributed by atoms with Gasteiger partial charge in [0.1, 0.15) is 11.2 Å². The van der Waals surface area contributed by atoms with Gasteiger partial charge in [-0.2, -0.15) is 4.98 Å². The summed E-state index contributed by atoms with van der Waals surface area (Å²) in [5.41, 5.74) is -0.156. The summed E-state index contributed by atoms with van der Waals surface area (Å²) in [6.07, 6.45) is 10.7. The van der Waals surface area contributed by atoms with Crippen LogP contribution in [0.2, 0.25) is 0 Å². The first-order valence-corrected chi connectivity index (χ1v) is 8.23. The van der Waals surface area contributed by atoms with Gasteiger partial charge in [-0.25, -0.2) is 4.98 Å². The highest BCUT2D eigenvalue weighted by Gasteiger charge is 2.41. The second kappa shape index (κ2) is 6.46. The van der Waals surface area contributed by atoms with Crippen LogP contribution in [0.15, 0.2) is 45.9 Å². The van der Waals surface area contributed by atoms with Crippen molar-refractivity contribution in [3.63, 3.8) is 0 Å². The van der Waals surface area contributed by atoms with Gasteiger partial charge in [-0.3, -0.25) is 9.78 Å². The molecule has 0 radical (unpaired) electrons. The lowest BCUT2D eigenvalue weighted by molar-refractivity contribution is 0.0796. The Morgan fingerprint density at radius 2 is 2.08 bits per heavy atom. The van der Waals surface area contributed by atoms with Gasteiger partial charge in [0.05, 0.1) is 12.5 Å². The molecule has 1 aliphatic rings. The summed E-state index contributed by atoms with van der Waals surface area (Å²) in [5, 5.41) is 7.06. The van der Waals surface area contributed by atoms with Gasteiger partial charge < -0.3 is 14.3 Å². The van der Waals surface area contributed by atoms with Gasteiger partial charge in [-0.15, -0.1) is 0 Å². The van der Waals surface area contributed by atoms with E-state index in [1.165, 1.54) is 6.26 Å². The topological polar surface area (TPSA) is 107 Å². The van der Waals surface area contributed by atoms with Crippen LogP contribution in [0.3, 0.4) is 0 Å². The zero-order valence-electron chi connectivity index (χ0n) is 13.5. The highest BCUT2D eigenvalue weighted by molar-refractivity contribution is 5.91. The summed E-state index contributed by atoms with van der Waals surface area (Å²) < 4.78 is 10.7. The maximum atomic E-state index is 12.5. The minimum Gasteiger partial charge on any atom is -0.459 e. The normalized spacial score (nSPS) is 16.5. The van der Waals surface area contributed by atoms with Crippen LogP contribution in [0.25, 0.3) is 11.5 Å². The molecule has 1 aliphatic carbocycles. The number of carbonyl (C=O) groups is 1. The molecular formula is C17H17N5O3. The summed E-state index contributed by atoms with van der Waals surface area (Å²) in [6, 6.07) is 3.31. The van der Waals surface area contributed by atoms with Crippen LogP contribution in [0.1, 0.15) is 48.5 Å². The molecular weight excluding hydrogens is 322 g/mol. The summed E-state index contributed by atoms with van der Waals surface area (Å²) in [4.78, 5) is 25.2. The van der Waals surface area contributed by atoms with Crippen molar-refractivity contribution in [3.05, 3.63) is 48.6 Å². The van der Waals surface area contributed by atoms with E-state index in [0.29, 0.717) is 17.4 Å². The van der Waals surface area contributed by atoms with E-state index < -0.39 is 5.54 Å². The van der Waals surface area contributed by atoms with Gasteiger partial charge >= 0.3 is 0 Å². The number of amides is 1. The summed E-state index contributed by atoms with van der Waals surface area (Å²) in [7, 11) is 0. The Labute approximate surface area is 143 Å². The molecule has 25 heavy (non-hydrogen) atoms. The van der Waals surface area contributed by atoms with Crippen LogP contribution in [0, 0.1) is 0 Å². The van der Waals surface area contributed by atoms with E-state index in [9.17, 15) is 4.79 Å². The zero-order valence-corrected chi connectivity index (χ0v) is 13.5. The van der Waals surface area contributed by atoms with Gasteiger partial charge in [0.15, 0.2) is 5.76 Å². The molecule has 0 atom stereocenters. The fourth-order valence-corrected chi connectivity index (χ4v) is 3.17. The van der Waals surface area contributed by atoms with Crippen molar-refractivity contribution in [2.75, 3.05) is 0 Å². The van der Waals surface area contributed by atoms with Crippen molar-refractivity contribution >= 4 is 5.91 Å². The number of aromatic nitrogens is 4. The zero-order chi connectivity index (χ0) is 17.1. The summed E-state index contributed by atoms with van der Waals surface area (Å²) in [6.45, 7) is 0. The number of hydrogen-bond donors (Lipinski definition) is 1. The van der Waals surface area contributed by atoms with Crippen LogP contribution < -0.4 is 5.32 Å². The van der Waals surface area contributed by atoms with Gasteiger partial charge in [-0.05, 0) is 25.0 Å². The van der Waals surface area contributed by atoms with E-state index in [4.69, 9.17) is 8.94 Å². The molecule has 1 saturated carbocycles. The number of nitrogens with one attached hydrogen (secondary N) is 1. The smallest absolute Gasteiger partial charge is 0.287 e.